The monoisotopic (exact) mass is 444 g/mol. The van der Waals surface area contributed by atoms with Crippen LogP contribution < -0.4 is 5.32 Å². The van der Waals surface area contributed by atoms with E-state index in [-0.39, 0.29) is 36.3 Å². The molecule has 0 bridgehead atoms. The fraction of sp³-hybridized carbons (Fsp3) is 0.625. The topological polar surface area (TPSA) is 82.2 Å². The Morgan fingerprint density at radius 2 is 1.91 bits per heavy atom. The minimum Gasteiger partial charge on any atom is -0.383 e. The number of hydrogen-bond donors (Lipinski definition) is 1. The molecule has 1 aromatic carbocycles. The Morgan fingerprint density at radius 3 is 2.59 bits per heavy atom. The van der Waals surface area contributed by atoms with Gasteiger partial charge in [0.1, 0.15) is 12.6 Å². The quantitative estimate of drug-likeness (QED) is 0.631. The van der Waals surface area contributed by atoms with Gasteiger partial charge in [-0.25, -0.2) is 4.79 Å². The summed E-state index contributed by atoms with van der Waals surface area (Å²) < 4.78 is 5.16. The number of urea groups is 1. The summed E-state index contributed by atoms with van der Waals surface area (Å²) >= 11 is 0. The number of piperazine rings is 1. The molecule has 3 rings (SSSR count). The van der Waals surface area contributed by atoms with Crippen LogP contribution in [0.1, 0.15) is 37.0 Å². The van der Waals surface area contributed by atoms with Crippen molar-refractivity contribution in [2.45, 2.75) is 52.7 Å². The van der Waals surface area contributed by atoms with E-state index in [0.717, 1.165) is 16.7 Å². The molecule has 176 valence electrons. The third-order valence-corrected chi connectivity index (χ3v) is 6.25. The fourth-order valence-electron chi connectivity index (χ4n) is 4.56. The lowest BCUT2D eigenvalue weighted by molar-refractivity contribution is -0.143. The molecule has 0 aromatic heterocycles. The number of methoxy groups -OCH3 is 1. The largest absolute Gasteiger partial charge is 0.383 e. The molecule has 2 aliphatic rings. The van der Waals surface area contributed by atoms with Crippen LogP contribution in [0.4, 0.5) is 4.79 Å². The highest BCUT2D eigenvalue weighted by Crippen LogP contribution is 2.29. The van der Waals surface area contributed by atoms with Crippen LogP contribution in [-0.4, -0.2) is 84.5 Å². The summed E-state index contributed by atoms with van der Waals surface area (Å²) in [6.07, 6.45) is 0.608. The van der Waals surface area contributed by atoms with Crippen molar-refractivity contribution in [1.82, 2.24) is 20.0 Å². The molecule has 2 aliphatic heterocycles. The first-order valence-electron chi connectivity index (χ1n) is 11.4. The van der Waals surface area contributed by atoms with E-state index in [1.54, 1.807) is 21.8 Å². The van der Waals surface area contributed by atoms with Crippen LogP contribution in [-0.2, 0) is 20.9 Å². The minimum atomic E-state index is -0.485. The number of carbonyl (C=O) groups excluding carboxylic acids is 3. The highest BCUT2D eigenvalue weighted by molar-refractivity contribution is 5.91. The number of benzene rings is 1. The van der Waals surface area contributed by atoms with Gasteiger partial charge in [0.05, 0.1) is 12.6 Å². The predicted octanol–water partition coefficient (Wildman–Crippen LogP) is 1.93. The van der Waals surface area contributed by atoms with Gasteiger partial charge in [-0.15, -0.1) is 0 Å². The fourth-order valence-corrected chi connectivity index (χ4v) is 4.56. The maximum Gasteiger partial charge on any atom is 0.321 e. The van der Waals surface area contributed by atoms with Crippen molar-refractivity contribution in [3.05, 3.63) is 34.9 Å². The van der Waals surface area contributed by atoms with Crippen molar-refractivity contribution >= 4 is 17.8 Å². The highest BCUT2D eigenvalue weighted by Gasteiger charge is 2.49. The number of ether oxygens (including phenoxy) is 1. The number of hydrogen-bond acceptors (Lipinski definition) is 4. The zero-order valence-electron chi connectivity index (χ0n) is 19.9. The van der Waals surface area contributed by atoms with Gasteiger partial charge in [-0.2, -0.15) is 0 Å². The molecule has 1 aromatic rings. The molecule has 2 fully saturated rings. The summed E-state index contributed by atoms with van der Waals surface area (Å²) in [7, 11) is 1.62. The first-order valence-corrected chi connectivity index (χ1v) is 11.4. The van der Waals surface area contributed by atoms with Crippen LogP contribution in [0.15, 0.2) is 18.2 Å². The van der Waals surface area contributed by atoms with Crippen molar-refractivity contribution in [2.75, 3.05) is 39.9 Å². The Hall–Kier alpha value is -2.61. The molecule has 1 N–H and O–H groups in total. The maximum absolute atomic E-state index is 13.2. The van der Waals surface area contributed by atoms with Gasteiger partial charge in [0.25, 0.3) is 0 Å². The summed E-state index contributed by atoms with van der Waals surface area (Å²) in [6.45, 7) is 10.5. The minimum absolute atomic E-state index is 0.00262. The van der Waals surface area contributed by atoms with Crippen molar-refractivity contribution in [3.63, 3.8) is 0 Å². The molecule has 8 nitrogen and oxygen atoms in total. The van der Waals surface area contributed by atoms with Gasteiger partial charge in [0, 0.05) is 33.3 Å². The maximum atomic E-state index is 13.2. The molecule has 4 amide bonds. The first-order chi connectivity index (χ1) is 15.2. The summed E-state index contributed by atoms with van der Waals surface area (Å²) in [5.41, 5.74) is 3.33. The second-order valence-electron chi connectivity index (χ2n) is 9.35. The second-order valence-corrected chi connectivity index (χ2v) is 9.35. The lowest BCUT2D eigenvalue weighted by atomic mass is 9.97. The molecule has 32 heavy (non-hydrogen) atoms. The number of fused-ring (bicyclic) bond motifs is 1. The zero-order valence-corrected chi connectivity index (χ0v) is 19.9. The van der Waals surface area contributed by atoms with Crippen LogP contribution in [0, 0.1) is 19.8 Å². The summed E-state index contributed by atoms with van der Waals surface area (Å²) in [4.78, 5) is 44.0. The average Bonchev–Trinajstić information content (AvgIpc) is 3.04. The van der Waals surface area contributed by atoms with Gasteiger partial charge in [-0.3, -0.25) is 9.59 Å². The van der Waals surface area contributed by atoms with Crippen LogP contribution in [0.5, 0.6) is 0 Å². The van der Waals surface area contributed by atoms with Gasteiger partial charge >= 0.3 is 6.03 Å². The highest BCUT2D eigenvalue weighted by atomic mass is 16.5. The van der Waals surface area contributed by atoms with E-state index in [0.29, 0.717) is 39.2 Å². The Labute approximate surface area is 190 Å². The molecule has 0 saturated carbocycles. The van der Waals surface area contributed by atoms with Crippen molar-refractivity contribution in [3.8, 4) is 0 Å². The van der Waals surface area contributed by atoms with E-state index >= 15 is 0 Å². The Morgan fingerprint density at radius 1 is 1.19 bits per heavy atom. The Balaban J connectivity index is 1.65. The zero-order chi connectivity index (χ0) is 23.4. The van der Waals surface area contributed by atoms with Gasteiger partial charge in [-0.05, 0) is 37.3 Å². The Bertz CT molecular complexity index is 856. The SMILES string of the molecule is COCCN1C[C@H]2CN(CC(=O)NCc3cc(C)ccc3C)C(=O)N2[C@@H](CC(C)C)C1=O. The van der Waals surface area contributed by atoms with Crippen LogP contribution >= 0.6 is 0 Å². The molecular weight excluding hydrogens is 408 g/mol. The van der Waals surface area contributed by atoms with Gasteiger partial charge in [0.15, 0.2) is 0 Å². The molecule has 8 heteroatoms. The molecule has 0 unspecified atom stereocenters. The lowest BCUT2D eigenvalue weighted by Gasteiger charge is -2.42. The van der Waals surface area contributed by atoms with Crippen LogP contribution in [0.2, 0.25) is 0 Å². The predicted molar refractivity (Wildman–Crippen MR) is 122 cm³/mol. The van der Waals surface area contributed by atoms with Crippen LogP contribution in [0.3, 0.4) is 0 Å². The normalized spacial score (nSPS) is 20.9. The molecule has 0 radical (unpaired) electrons. The third-order valence-electron chi connectivity index (χ3n) is 6.25. The van der Waals surface area contributed by atoms with Crippen LogP contribution in [0.25, 0.3) is 0 Å². The van der Waals surface area contributed by atoms with E-state index in [9.17, 15) is 14.4 Å². The lowest BCUT2D eigenvalue weighted by Crippen LogP contribution is -2.61. The number of nitrogens with one attached hydrogen (secondary N) is 1. The standard InChI is InChI=1S/C24H36N4O4/c1-16(2)10-21-23(30)26(8-9-32-5)13-20-14-27(24(31)28(20)21)15-22(29)25-12-19-11-17(3)6-7-18(19)4/h6-7,11,16,20-21H,8-10,12-15H2,1-5H3,(H,25,29)/t20-,21-/m0/s1. The van der Waals surface area contributed by atoms with E-state index in [1.165, 1.54) is 0 Å². The third kappa shape index (κ3) is 5.41. The number of nitrogens with zero attached hydrogens (tertiary/aromatic N) is 3. The first kappa shape index (κ1) is 24.0. The van der Waals surface area contributed by atoms with Gasteiger partial charge in [0.2, 0.25) is 11.8 Å². The molecule has 2 saturated heterocycles. The number of aryl methyl sites for hydroxylation is 2. The summed E-state index contributed by atoms with van der Waals surface area (Å²) in [5.74, 6) is 0.0540. The average molecular weight is 445 g/mol. The molecule has 0 aliphatic carbocycles. The smallest absolute Gasteiger partial charge is 0.321 e. The van der Waals surface area contributed by atoms with E-state index < -0.39 is 6.04 Å². The van der Waals surface area contributed by atoms with Crippen molar-refractivity contribution in [1.29, 1.82) is 0 Å². The number of carbonyl (C=O) groups is 3. The molecular formula is C24H36N4O4. The second kappa shape index (κ2) is 10.3. The molecule has 2 heterocycles. The van der Waals surface area contributed by atoms with E-state index in [4.69, 9.17) is 4.74 Å². The van der Waals surface area contributed by atoms with Gasteiger partial charge in [-0.1, -0.05) is 37.6 Å². The van der Waals surface area contributed by atoms with Gasteiger partial charge < -0.3 is 24.8 Å². The Kier molecular flexibility index (Phi) is 7.77. The number of rotatable bonds is 9. The van der Waals surface area contributed by atoms with Crippen molar-refractivity contribution < 1.29 is 19.1 Å². The molecule has 0 spiro atoms. The van der Waals surface area contributed by atoms with Crippen molar-refractivity contribution in [2.24, 2.45) is 5.92 Å². The molecule has 2 atom stereocenters. The number of amides is 4. The summed E-state index contributed by atoms with van der Waals surface area (Å²) in [6, 6.07) is 5.34. The van der Waals surface area contributed by atoms with E-state index in [1.807, 2.05) is 26.0 Å². The van der Waals surface area contributed by atoms with E-state index in [2.05, 4.69) is 25.2 Å². The summed E-state index contributed by atoms with van der Waals surface area (Å²) in [5, 5.41) is 2.94.